The molecule has 1 aliphatic rings. The minimum atomic E-state index is -0.164. The van der Waals surface area contributed by atoms with Crippen molar-refractivity contribution < 1.29 is 14.3 Å². The lowest BCUT2D eigenvalue weighted by atomic mass is 10.0. The van der Waals surface area contributed by atoms with Crippen LogP contribution in [0, 0.1) is 0 Å². The molecule has 0 aliphatic carbocycles. The lowest BCUT2D eigenvalue weighted by molar-refractivity contribution is -0.122. The average Bonchev–Trinajstić information content (AvgIpc) is 2.56. The molecule has 1 aromatic rings. The van der Waals surface area contributed by atoms with Crippen LogP contribution in [0.15, 0.2) is 18.2 Å². The van der Waals surface area contributed by atoms with E-state index in [0.29, 0.717) is 22.9 Å². The van der Waals surface area contributed by atoms with E-state index in [9.17, 15) is 9.59 Å². The zero-order valence-corrected chi connectivity index (χ0v) is 14.2. The summed E-state index contributed by atoms with van der Waals surface area (Å²) in [6.45, 7) is 1.98. The van der Waals surface area contributed by atoms with Gasteiger partial charge in [-0.3, -0.25) is 14.5 Å². The number of halogens is 1. The summed E-state index contributed by atoms with van der Waals surface area (Å²) >= 11 is 5.91. The van der Waals surface area contributed by atoms with Crippen molar-refractivity contribution in [1.82, 2.24) is 15.5 Å². The lowest BCUT2D eigenvalue weighted by Gasteiger charge is -2.31. The molecule has 23 heavy (non-hydrogen) atoms. The summed E-state index contributed by atoms with van der Waals surface area (Å²) in [4.78, 5) is 25.9. The van der Waals surface area contributed by atoms with E-state index in [2.05, 4.69) is 15.5 Å². The third kappa shape index (κ3) is 4.84. The van der Waals surface area contributed by atoms with Crippen LogP contribution in [0.5, 0.6) is 5.75 Å². The predicted molar refractivity (Wildman–Crippen MR) is 89.0 cm³/mol. The fourth-order valence-corrected chi connectivity index (χ4v) is 2.80. The van der Waals surface area contributed by atoms with E-state index in [0.717, 1.165) is 25.9 Å². The molecule has 2 rings (SSSR count). The van der Waals surface area contributed by atoms with E-state index in [1.807, 2.05) is 0 Å². The van der Waals surface area contributed by atoms with Crippen molar-refractivity contribution in [3.05, 3.63) is 28.8 Å². The van der Waals surface area contributed by atoms with Gasteiger partial charge in [0, 0.05) is 31.2 Å². The second-order valence-corrected chi connectivity index (χ2v) is 5.98. The fourth-order valence-electron chi connectivity index (χ4n) is 2.63. The zero-order valence-electron chi connectivity index (χ0n) is 13.4. The van der Waals surface area contributed by atoms with Gasteiger partial charge in [0.05, 0.1) is 19.2 Å². The Bertz CT molecular complexity index is 572. The van der Waals surface area contributed by atoms with Crippen molar-refractivity contribution in [3.63, 3.8) is 0 Å². The summed E-state index contributed by atoms with van der Waals surface area (Å²) < 4.78 is 5.21. The van der Waals surface area contributed by atoms with Crippen molar-refractivity contribution in [2.75, 3.05) is 33.8 Å². The van der Waals surface area contributed by atoms with Crippen molar-refractivity contribution in [3.8, 4) is 5.75 Å². The van der Waals surface area contributed by atoms with Gasteiger partial charge in [-0.2, -0.15) is 0 Å². The number of nitrogens with zero attached hydrogens (tertiary/aromatic N) is 1. The molecule has 1 fully saturated rings. The third-order valence-electron chi connectivity index (χ3n) is 3.98. The maximum absolute atomic E-state index is 12.4. The number of likely N-dealkylation sites (tertiary alicyclic amines) is 1. The third-order valence-corrected chi connectivity index (χ3v) is 4.21. The van der Waals surface area contributed by atoms with E-state index < -0.39 is 0 Å². The van der Waals surface area contributed by atoms with Gasteiger partial charge in [-0.25, -0.2) is 0 Å². The second kappa shape index (κ2) is 8.17. The first kappa shape index (κ1) is 17.6. The van der Waals surface area contributed by atoms with E-state index in [4.69, 9.17) is 16.3 Å². The molecule has 1 aliphatic heterocycles. The maximum Gasteiger partial charge on any atom is 0.255 e. The number of nitrogens with one attached hydrogen (secondary N) is 2. The molecule has 2 amide bonds. The summed E-state index contributed by atoms with van der Waals surface area (Å²) in [5.41, 5.74) is 0.477. The molecule has 1 aromatic carbocycles. The molecule has 0 saturated carbocycles. The number of amides is 2. The fraction of sp³-hybridized carbons (Fsp3) is 0.500. The van der Waals surface area contributed by atoms with Crippen LogP contribution in [0.1, 0.15) is 23.2 Å². The molecular weight excluding hydrogens is 318 g/mol. The second-order valence-electron chi connectivity index (χ2n) is 5.54. The number of ether oxygens (including phenoxy) is 1. The molecule has 0 aromatic heterocycles. The van der Waals surface area contributed by atoms with Crippen molar-refractivity contribution in [1.29, 1.82) is 0 Å². The Kier molecular flexibility index (Phi) is 6.24. The highest BCUT2D eigenvalue weighted by Crippen LogP contribution is 2.23. The number of hydrogen-bond donors (Lipinski definition) is 2. The van der Waals surface area contributed by atoms with Crippen molar-refractivity contribution in [2.45, 2.75) is 18.9 Å². The Balaban J connectivity index is 1.89. The molecule has 1 heterocycles. The molecule has 0 spiro atoms. The first-order chi connectivity index (χ1) is 11.0. The highest BCUT2D eigenvalue weighted by Gasteiger charge is 2.23. The number of carbonyl (C=O) groups excluding carboxylic acids is 2. The smallest absolute Gasteiger partial charge is 0.255 e. The van der Waals surface area contributed by atoms with Crippen LogP contribution in [0.4, 0.5) is 0 Å². The highest BCUT2D eigenvalue weighted by molar-refractivity contribution is 6.30. The number of methoxy groups -OCH3 is 1. The number of rotatable bonds is 5. The van der Waals surface area contributed by atoms with E-state index in [1.165, 1.54) is 7.11 Å². The van der Waals surface area contributed by atoms with Gasteiger partial charge in [0.2, 0.25) is 5.91 Å². The minimum Gasteiger partial charge on any atom is -0.496 e. The van der Waals surface area contributed by atoms with Crippen LogP contribution in [0.3, 0.4) is 0 Å². The normalized spacial score (nSPS) is 16.0. The average molecular weight is 340 g/mol. The Morgan fingerprint density at radius 2 is 2.04 bits per heavy atom. The summed E-state index contributed by atoms with van der Waals surface area (Å²) in [6.07, 6.45) is 1.64. The zero-order chi connectivity index (χ0) is 16.8. The maximum atomic E-state index is 12.4. The predicted octanol–water partition coefficient (Wildman–Crippen LogP) is 1.29. The molecule has 0 atom stereocenters. The molecule has 0 bridgehead atoms. The lowest BCUT2D eigenvalue weighted by Crippen LogP contribution is -2.47. The van der Waals surface area contributed by atoms with Crippen LogP contribution in [0.25, 0.3) is 0 Å². The Hall–Kier alpha value is -1.79. The number of likely N-dealkylation sites (N-methyl/N-ethyl adjacent to an activating group) is 1. The van der Waals surface area contributed by atoms with E-state index in [-0.39, 0.29) is 17.9 Å². The Morgan fingerprint density at radius 3 is 2.65 bits per heavy atom. The topological polar surface area (TPSA) is 70.7 Å². The largest absolute Gasteiger partial charge is 0.496 e. The van der Waals surface area contributed by atoms with Crippen molar-refractivity contribution >= 4 is 23.4 Å². The number of piperidine rings is 1. The van der Waals surface area contributed by atoms with Crippen LogP contribution < -0.4 is 15.4 Å². The molecular formula is C16H22ClN3O3. The van der Waals surface area contributed by atoms with Gasteiger partial charge in [0.25, 0.3) is 5.91 Å². The number of carbonyl (C=O) groups is 2. The van der Waals surface area contributed by atoms with Gasteiger partial charge in [-0.05, 0) is 31.0 Å². The summed E-state index contributed by atoms with van der Waals surface area (Å²) in [7, 11) is 3.15. The van der Waals surface area contributed by atoms with Gasteiger partial charge in [0.15, 0.2) is 0 Å². The van der Waals surface area contributed by atoms with Crippen LogP contribution >= 0.6 is 11.6 Å². The van der Waals surface area contributed by atoms with Gasteiger partial charge in [-0.1, -0.05) is 11.6 Å². The molecule has 2 N–H and O–H groups in total. The molecule has 6 nitrogen and oxygen atoms in total. The summed E-state index contributed by atoms with van der Waals surface area (Å²) in [5.74, 6) is 0.314. The van der Waals surface area contributed by atoms with Crippen LogP contribution in [-0.4, -0.2) is 56.5 Å². The summed E-state index contributed by atoms with van der Waals surface area (Å²) in [6, 6.07) is 5.06. The minimum absolute atomic E-state index is 0.0124. The SMILES string of the molecule is CNC(=O)CN1CCC(NC(=O)c2ccc(Cl)cc2OC)CC1. The standard InChI is InChI=1S/C16H22ClN3O3/c1-18-15(21)10-20-7-5-12(6-8-20)19-16(22)13-4-3-11(17)9-14(13)23-2/h3-4,9,12H,5-8,10H2,1-2H3,(H,18,21)(H,19,22). The quantitative estimate of drug-likeness (QED) is 0.848. The van der Waals surface area contributed by atoms with E-state index in [1.54, 1.807) is 25.2 Å². The molecule has 1 saturated heterocycles. The van der Waals surface area contributed by atoms with Gasteiger partial charge < -0.3 is 15.4 Å². The molecule has 126 valence electrons. The Labute approximate surface area is 141 Å². The molecule has 7 heteroatoms. The highest BCUT2D eigenvalue weighted by atomic mass is 35.5. The first-order valence-electron chi connectivity index (χ1n) is 7.61. The first-order valence-corrected chi connectivity index (χ1v) is 7.98. The Morgan fingerprint density at radius 1 is 1.35 bits per heavy atom. The molecule has 0 unspecified atom stereocenters. The molecule has 0 radical (unpaired) electrons. The van der Waals surface area contributed by atoms with Crippen molar-refractivity contribution in [2.24, 2.45) is 0 Å². The van der Waals surface area contributed by atoms with Gasteiger partial charge >= 0.3 is 0 Å². The van der Waals surface area contributed by atoms with Crippen LogP contribution in [-0.2, 0) is 4.79 Å². The number of benzene rings is 1. The number of hydrogen-bond acceptors (Lipinski definition) is 4. The van der Waals surface area contributed by atoms with Gasteiger partial charge in [-0.15, -0.1) is 0 Å². The van der Waals surface area contributed by atoms with E-state index >= 15 is 0 Å². The van der Waals surface area contributed by atoms with Gasteiger partial charge in [0.1, 0.15) is 5.75 Å². The van der Waals surface area contributed by atoms with Crippen LogP contribution in [0.2, 0.25) is 5.02 Å². The summed E-state index contributed by atoms with van der Waals surface area (Å²) in [5, 5.41) is 6.18. The monoisotopic (exact) mass is 339 g/mol.